The molecule has 0 N–H and O–H groups in total. The number of amides is 1. The maximum Gasteiger partial charge on any atom is 0.246 e. The van der Waals surface area contributed by atoms with Crippen LogP contribution in [-0.4, -0.2) is 45.9 Å². The van der Waals surface area contributed by atoms with Crippen molar-refractivity contribution in [2.24, 2.45) is 0 Å². The summed E-state index contributed by atoms with van der Waals surface area (Å²) in [6, 6.07) is 20.0. The fourth-order valence-corrected chi connectivity index (χ4v) is 3.67. The van der Waals surface area contributed by atoms with Gasteiger partial charge in [-0.15, -0.1) is 0 Å². The van der Waals surface area contributed by atoms with Crippen LogP contribution in [-0.2, 0) is 9.53 Å². The standard InChI is InChI=1S/C24H25N3O2/c1-18-15-26(16-19(2)29-18)23(28)14-13-21-17-27(22-11-7-4-8-12-22)25-24(21)20-9-5-3-6-10-20/h3-14,17-19H,15-16H2,1-2H3/b14-13+. The van der Waals surface area contributed by atoms with Crippen molar-refractivity contribution in [3.8, 4) is 16.9 Å². The van der Waals surface area contributed by atoms with E-state index in [9.17, 15) is 4.79 Å². The average Bonchev–Trinajstić information content (AvgIpc) is 3.17. The second kappa shape index (κ2) is 8.45. The van der Waals surface area contributed by atoms with Crippen molar-refractivity contribution < 1.29 is 9.53 Å². The Morgan fingerprint density at radius 2 is 1.62 bits per heavy atom. The van der Waals surface area contributed by atoms with E-state index < -0.39 is 0 Å². The zero-order valence-corrected chi connectivity index (χ0v) is 16.7. The van der Waals surface area contributed by atoms with E-state index >= 15 is 0 Å². The maximum absolute atomic E-state index is 12.7. The summed E-state index contributed by atoms with van der Waals surface area (Å²) >= 11 is 0. The number of nitrogens with zero attached hydrogens (tertiary/aromatic N) is 3. The van der Waals surface area contributed by atoms with E-state index in [0.717, 1.165) is 22.5 Å². The predicted molar refractivity (Wildman–Crippen MR) is 115 cm³/mol. The first kappa shape index (κ1) is 19.2. The van der Waals surface area contributed by atoms with Crippen molar-refractivity contribution in [1.82, 2.24) is 14.7 Å². The molecule has 0 saturated carbocycles. The Kier molecular flexibility index (Phi) is 5.58. The molecule has 5 heteroatoms. The Hall–Kier alpha value is -3.18. The second-order valence-electron chi connectivity index (χ2n) is 7.41. The number of ether oxygens (including phenoxy) is 1. The molecule has 0 aliphatic carbocycles. The first-order chi connectivity index (χ1) is 14.1. The zero-order valence-electron chi connectivity index (χ0n) is 16.7. The van der Waals surface area contributed by atoms with Gasteiger partial charge in [-0.2, -0.15) is 5.10 Å². The topological polar surface area (TPSA) is 47.4 Å². The van der Waals surface area contributed by atoms with Crippen LogP contribution in [0.15, 0.2) is 72.9 Å². The summed E-state index contributed by atoms with van der Waals surface area (Å²) in [5, 5.41) is 4.79. The molecule has 5 nitrogen and oxygen atoms in total. The normalized spacial score (nSPS) is 19.6. The zero-order chi connectivity index (χ0) is 20.2. The molecule has 1 amide bonds. The summed E-state index contributed by atoms with van der Waals surface area (Å²) in [7, 11) is 0. The van der Waals surface area contributed by atoms with Gasteiger partial charge in [-0.1, -0.05) is 48.5 Å². The molecule has 2 atom stereocenters. The molecule has 1 aromatic heterocycles. The van der Waals surface area contributed by atoms with Gasteiger partial charge in [0.05, 0.1) is 23.6 Å². The Morgan fingerprint density at radius 1 is 1.00 bits per heavy atom. The van der Waals surface area contributed by atoms with Gasteiger partial charge < -0.3 is 9.64 Å². The van der Waals surface area contributed by atoms with Gasteiger partial charge in [0.1, 0.15) is 0 Å². The van der Waals surface area contributed by atoms with Crippen LogP contribution in [0.2, 0.25) is 0 Å². The average molecular weight is 387 g/mol. The molecule has 1 saturated heterocycles. The summed E-state index contributed by atoms with van der Waals surface area (Å²) in [6.07, 6.45) is 5.57. The summed E-state index contributed by atoms with van der Waals surface area (Å²) in [5.74, 6) is -0.00141. The van der Waals surface area contributed by atoms with E-state index in [1.807, 2.05) is 96.4 Å². The number of morpholine rings is 1. The van der Waals surface area contributed by atoms with Crippen molar-refractivity contribution in [3.05, 3.63) is 78.5 Å². The van der Waals surface area contributed by atoms with Crippen molar-refractivity contribution in [2.45, 2.75) is 26.1 Å². The fraction of sp³-hybridized carbons (Fsp3) is 0.250. The number of hydrogen-bond acceptors (Lipinski definition) is 3. The summed E-state index contributed by atoms with van der Waals surface area (Å²) in [4.78, 5) is 14.6. The van der Waals surface area contributed by atoms with Crippen LogP contribution in [0.5, 0.6) is 0 Å². The Morgan fingerprint density at radius 3 is 2.28 bits per heavy atom. The van der Waals surface area contributed by atoms with Crippen LogP contribution in [0.3, 0.4) is 0 Å². The Labute approximate surface area is 171 Å². The fourth-order valence-electron chi connectivity index (χ4n) is 3.67. The molecule has 2 heterocycles. The van der Waals surface area contributed by atoms with Gasteiger partial charge in [0.25, 0.3) is 0 Å². The van der Waals surface area contributed by atoms with E-state index in [1.54, 1.807) is 6.08 Å². The monoisotopic (exact) mass is 387 g/mol. The maximum atomic E-state index is 12.7. The number of aromatic nitrogens is 2. The van der Waals surface area contributed by atoms with Crippen molar-refractivity contribution in [1.29, 1.82) is 0 Å². The molecular formula is C24H25N3O2. The van der Waals surface area contributed by atoms with Crippen LogP contribution in [0.4, 0.5) is 0 Å². The van der Waals surface area contributed by atoms with E-state index in [2.05, 4.69) is 0 Å². The SMILES string of the molecule is CC1CN(C(=O)/C=C/c2cn(-c3ccccc3)nc2-c2ccccc2)CC(C)O1. The molecular weight excluding hydrogens is 362 g/mol. The molecule has 1 aliphatic heterocycles. The molecule has 0 radical (unpaired) electrons. The summed E-state index contributed by atoms with van der Waals surface area (Å²) in [5.41, 5.74) is 3.75. The highest BCUT2D eigenvalue weighted by Gasteiger charge is 2.24. The number of para-hydroxylation sites is 1. The van der Waals surface area contributed by atoms with Crippen LogP contribution < -0.4 is 0 Å². The number of carbonyl (C=O) groups is 1. The predicted octanol–water partition coefficient (Wildman–Crippen LogP) is 4.19. The number of rotatable bonds is 4. The largest absolute Gasteiger partial charge is 0.372 e. The number of benzene rings is 2. The lowest BCUT2D eigenvalue weighted by Crippen LogP contribution is -2.47. The van der Waals surface area contributed by atoms with Gasteiger partial charge in [-0.05, 0) is 32.1 Å². The van der Waals surface area contributed by atoms with E-state index in [0.29, 0.717) is 13.1 Å². The van der Waals surface area contributed by atoms with Crippen LogP contribution in [0.25, 0.3) is 23.0 Å². The van der Waals surface area contributed by atoms with Gasteiger partial charge in [0, 0.05) is 36.5 Å². The summed E-state index contributed by atoms with van der Waals surface area (Å²) in [6.45, 7) is 5.22. The summed E-state index contributed by atoms with van der Waals surface area (Å²) < 4.78 is 7.58. The third-order valence-corrected chi connectivity index (χ3v) is 4.95. The first-order valence-corrected chi connectivity index (χ1v) is 9.93. The number of carbonyl (C=O) groups excluding carboxylic acids is 1. The molecule has 0 spiro atoms. The van der Waals surface area contributed by atoms with E-state index in [-0.39, 0.29) is 18.1 Å². The molecule has 1 fully saturated rings. The molecule has 0 bridgehead atoms. The lowest BCUT2D eigenvalue weighted by molar-refractivity contribution is -0.137. The minimum Gasteiger partial charge on any atom is -0.372 e. The van der Waals surface area contributed by atoms with E-state index in [4.69, 9.17) is 9.84 Å². The van der Waals surface area contributed by atoms with Crippen molar-refractivity contribution >= 4 is 12.0 Å². The lowest BCUT2D eigenvalue weighted by Gasteiger charge is -2.34. The van der Waals surface area contributed by atoms with Gasteiger partial charge >= 0.3 is 0 Å². The highest BCUT2D eigenvalue weighted by molar-refractivity contribution is 5.93. The van der Waals surface area contributed by atoms with Gasteiger partial charge in [0.15, 0.2) is 0 Å². The quantitative estimate of drug-likeness (QED) is 0.631. The Bertz CT molecular complexity index is 985. The molecule has 2 aromatic carbocycles. The third-order valence-electron chi connectivity index (χ3n) is 4.95. The van der Waals surface area contributed by atoms with E-state index in [1.165, 1.54) is 0 Å². The van der Waals surface area contributed by atoms with Crippen LogP contribution in [0.1, 0.15) is 19.4 Å². The highest BCUT2D eigenvalue weighted by Crippen LogP contribution is 2.25. The molecule has 29 heavy (non-hydrogen) atoms. The minimum absolute atomic E-state index is 0.00141. The van der Waals surface area contributed by atoms with Gasteiger partial charge in [0.2, 0.25) is 5.91 Å². The molecule has 2 unspecified atom stereocenters. The highest BCUT2D eigenvalue weighted by atomic mass is 16.5. The van der Waals surface area contributed by atoms with Crippen molar-refractivity contribution in [2.75, 3.05) is 13.1 Å². The lowest BCUT2D eigenvalue weighted by atomic mass is 10.1. The molecule has 4 rings (SSSR count). The number of hydrogen-bond donors (Lipinski definition) is 0. The van der Waals surface area contributed by atoms with Gasteiger partial charge in [-0.3, -0.25) is 4.79 Å². The molecule has 1 aliphatic rings. The van der Waals surface area contributed by atoms with Crippen LogP contribution >= 0.6 is 0 Å². The van der Waals surface area contributed by atoms with Crippen LogP contribution in [0, 0.1) is 0 Å². The molecule has 3 aromatic rings. The smallest absolute Gasteiger partial charge is 0.246 e. The van der Waals surface area contributed by atoms with Crippen molar-refractivity contribution in [3.63, 3.8) is 0 Å². The molecule has 148 valence electrons. The second-order valence-corrected chi connectivity index (χ2v) is 7.41. The van der Waals surface area contributed by atoms with Gasteiger partial charge in [-0.25, -0.2) is 4.68 Å². The minimum atomic E-state index is -0.00141. The third kappa shape index (κ3) is 4.46. The Balaban J connectivity index is 1.64. The first-order valence-electron chi connectivity index (χ1n) is 9.93.